The molecule has 1 N–H and O–H groups in total. The predicted octanol–water partition coefficient (Wildman–Crippen LogP) is 3.01. The zero-order chi connectivity index (χ0) is 19.3. The number of nitrogens with zero attached hydrogens (tertiary/aromatic N) is 4. The van der Waals surface area contributed by atoms with Gasteiger partial charge >= 0.3 is 6.03 Å². The smallest absolute Gasteiger partial charge is 0.321 e. The number of likely N-dealkylation sites (tertiary alicyclic amines) is 1. The van der Waals surface area contributed by atoms with Gasteiger partial charge in [0.2, 0.25) is 0 Å². The fourth-order valence-corrected chi connectivity index (χ4v) is 4.88. The average molecular weight is 381 g/mol. The van der Waals surface area contributed by atoms with Crippen molar-refractivity contribution in [2.75, 3.05) is 36.4 Å². The maximum absolute atomic E-state index is 13.8. The van der Waals surface area contributed by atoms with Crippen LogP contribution in [0.2, 0.25) is 0 Å². The van der Waals surface area contributed by atoms with Gasteiger partial charge in [0.15, 0.2) is 0 Å². The van der Waals surface area contributed by atoms with Crippen LogP contribution in [-0.4, -0.2) is 47.1 Å². The zero-order valence-electron chi connectivity index (χ0n) is 16.0. The molecule has 3 heterocycles. The van der Waals surface area contributed by atoms with Crippen LogP contribution < -0.4 is 10.2 Å². The second-order valence-electron chi connectivity index (χ2n) is 8.11. The van der Waals surface area contributed by atoms with Crippen LogP contribution in [0.1, 0.15) is 23.5 Å². The minimum atomic E-state index is -0.408. The van der Waals surface area contributed by atoms with Crippen LogP contribution in [0, 0.1) is 24.6 Å². The Morgan fingerprint density at radius 3 is 2.61 bits per heavy atom. The quantitative estimate of drug-likeness (QED) is 0.869. The van der Waals surface area contributed by atoms with E-state index in [1.165, 1.54) is 17.3 Å². The summed E-state index contributed by atoms with van der Waals surface area (Å²) < 4.78 is 13.8. The molecule has 28 heavy (non-hydrogen) atoms. The van der Waals surface area contributed by atoms with E-state index >= 15 is 0 Å². The van der Waals surface area contributed by atoms with Gasteiger partial charge in [0.1, 0.15) is 17.5 Å². The van der Waals surface area contributed by atoms with Crippen molar-refractivity contribution < 1.29 is 9.18 Å². The number of fused-ring (bicyclic) bond motifs is 2. The average Bonchev–Trinajstić information content (AvgIpc) is 3.36. The molecule has 0 radical (unpaired) electrons. The van der Waals surface area contributed by atoms with Gasteiger partial charge in [0.05, 0.1) is 5.69 Å². The first-order valence-electron chi connectivity index (χ1n) is 10.0. The molecule has 0 spiro atoms. The van der Waals surface area contributed by atoms with Gasteiger partial charge < -0.3 is 15.1 Å². The first-order valence-corrected chi connectivity index (χ1v) is 10.0. The van der Waals surface area contributed by atoms with Gasteiger partial charge in [-0.1, -0.05) is 12.1 Å². The first kappa shape index (κ1) is 17.4. The maximum atomic E-state index is 13.8. The van der Waals surface area contributed by atoms with Crippen LogP contribution >= 0.6 is 0 Å². The summed E-state index contributed by atoms with van der Waals surface area (Å²) in [6, 6.07) is 6.06. The third-order valence-electron chi connectivity index (χ3n) is 6.21. The number of hydrogen-bond acceptors (Lipinski definition) is 4. The van der Waals surface area contributed by atoms with E-state index in [0.717, 1.165) is 44.0 Å². The molecule has 2 amide bonds. The number of aromatic nitrogens is 2. The highest BCUT2D eigenvalue weighted by Crippen LogP contribution is 2.37. The molecule has 6 nitrogen and oxygen atoms in total. The molecule has 5 rings (SSSR count). The molecule has 7 heteroatoms. The lowest BCUT2D eigenvalue weighted by atomic mass is 10.0. The van der Waals surface area contributed by atoms with Gasteiger partial charge in [0.25, 0.3) is 0 Å². The molecule has 2 saturated heterocycles. The highest BCUT2D eigenvalue weighted by molar-refractivity contribution is 5.89. The molecule has 0 bridgehead atoms. The van der Waals surface area contributed by atoms with Gasteiger partial charge in [-0.25, -0.2) is 19.2 Å². The van der Waals surface area contributed by atoms with Crippen LogP contribution in [0.25, 0.3) is 0 Å². The van der Waals surface area contributed by atoms with E-state index in [-0.39, 0.29) is 11.7 Å². The highest BCUT2D eigenvalue weighted by Gasteiger charge is 2.43. The monoisotopic (exact) mass is 381 g/mol. The maximum Gasteiger partial charge on any atom is 0.321 e. The number of nitrogens with one attached hydrogen (secondary N) is 1. The summed E-state index contributed by atoms with van der Waals surface area (Å²) in [5, 5.41) is 2.70. The van der Waals surface area contributed by atoms with Crippen molar-refractivity contribution in [3.8, 4) is 0 Å². The molecule has 1 aromatic carbocycles. The number of amides is 2. The largest absolute Gasteiger partial charge is 0.356 e. The van der Waals surface area contributed by atoms with E-state index in [9.17, 15) is 9.18 Å². The minimum absolute atomic E-state index is 0.218. The molecule has 0 saturated carbocycles. The van der Waals surface area contributed by atoms with E-state index in [1.54, 1.807) is 18.2 Å². The van der Waals surface area contributed by atoms with Crippen LogP contribution in [0.4, 0.5) is 20.7 Å². The van der Waals surface area contributed by atoms with E-state index in [1.807, 2.05) is 11.8 Å². The van der Waals surface area contributed by atoms with E-state index < -0.39 is 5.82 Å². The summed E-state index contributed by atoms with van der Waals surface area (Å²) in [5.41, 5.74) is 2.77. The lowest BCUT2D eigenvalue weighted by Crippen LogP contribution is -2.36. The summed E-state index contributed by atoms with van der Waals surface area (Å²) in [7, 11) is 0. The number of para-hydroxylation sites is 1. The summed E-state index contributed by atoms with van der Waals surface area (Å²) in [4.78, 5) is 26.1. The number of halogens is 1. The number of rotatable bonds is 2. The van der Waals surface area contributed by atoms with Crippen LogP contribution in [0.3, 0.4) is 0 Å². The number of aryl methyl sites for hydroxylation is 2. The second kappa shape index (κ2) is 6.72. The Morgan fingerprint density at radius 1 is 1.11 bits per heavy atom. The van der Waals surface area contributed by atoms with E-state index in [4.69, 9.17) is 4.98 Å². The summed E-state index contributed by atoms with van der Waals surface area (Å²) in [6.07, 6.45) is 3.27. The van der Waals surface area contributed by atoms with Crippen molar-refractivity contribution in [2.24, 2.45) is 11.8 Å². The fourth-order valence-electron chi connectivity index (χ4n) is 4.88. The Morgan fingerprint density at radius 2 is 1.86 bits per heavy atom. The molecule has 2 aliphatic heterocycles. The van der Waals surface area contributed by atoms with E-state index in [0.29, 0.717) is 24.9 Å². The van der Waals surface area contributed by atoms with Crippen molar-refractivity contribution >= 4 is 17.5 Å². The number of anilines is 2. The molecule has 2 atom stereocenters. The summed E-state index contributed by atoms with van der Waals surface area (Å²) >= 11 is 0. The van der Waals surface area contributed by atoms with Gasteiger partial charge in [-0.3, -0.25) is 0 Å². The topological polar surface area (TPSA) is 61.4 Å². The van der Waals surface area contributed by atoms with Crippen LogP contribution in [-0.2, 0) is 12.8 Å². The number of benzene rings is 1. The Hall–Kier alpha value is -2.70. The molecule has 1 aromatic heterocycles. The summed E-state index contributed by atoms with van der Waals surface area (Å²) in [6.45, 7) is 5.20. The summed E-state index contributed by atoms with van der Waals surface area (Å²) in [5.74, 6) is 2.40. The Bertz CT molecular complexity index is 919. The zero-order valence-corrected chi connectivity index (χ0v) is 16.0. The molecule has 3 aliphatic rings. The van der Waals surface area contributed by atoms with Crippen LogP contribution in [0.5, 0.6) is 0 Å². The Kier molecular flexibility index (Phi) is 4.18. The van der Waals surface area contributed by atoms with Gasteiger partial charge in [-0.05, 0) is 38.3 Å². The molecule has 146 valence electrons. The van der Waals surface area contributed by atoms with Crippen LogP contribution in [0.15, 0.2) is 24.3 Å². The van der Waals surface area contributed by atoms with Gasteiger partial charge in [-0.2, -0.15) is 0 Å². The second-order valence-corrected chi connectivity index (χ2v) is 8.11. The number of carbonyl (C=O) groups is 1. The number of carbonyl (C=O) groups excluding carboxylic acids is 1. The lowest BCUT2D eigenvalue weighted by molar-refractivity contribution is 0.219. The van der Waals surface area contributed by atoms with Gasteiger partial charge in [-0.15, -0.1) is 0 Å². The normalized spacial score (nSPS) is 23.1. The first-order chi connectivity index (χ1) is 13.6. The molecular weight excluding hydrogens is 357 g/mol. The molecule has 2 aromatic rings. The Labute approximate surface area is 163 Å². The van der Waals surface area contributed by atoms with Crippen molar-refractivity contribution in [3.63, 3.8) is 0 Å². The number of hydrogen-bond donors (Lipinski definition) is 1. The number of urea groups is 1. The lowest BCUT2D eigenvalue weighted by Gasteiger charge is -2.24. The SMILES string of the molecule is Cc1nc2c(c(N3CC4CN(C(=O)Nc5ccccc5F)CC4C3)n1)CCC2. The molecule has 2 unspecified atom stereocenters. The fraction of sp³-hybridized carbons (Fsp3) is 0.476. The predicted molar refractivity (Wildman–Crippen MR) is 105 cm³/mol. The highest BCUT2D eigenvalue weighted by atomic mass is 19.1. The van der Waals surface area contributed by atoms with Gasteiger partial charge in [0, 0.05) is 49.3 Å². The van der Waals surface area contributed by atoms with Crippen molar-refractivity contribution in [2.45, 2.75) is 26.2 Å². The standard InChI is InChI=1S/C21H24FN5O/c1-13-23-18-8-4-5-16(18)20(24-13)26-9-14-11-27(12-15(14)10-26)21(28)25-19-7-3-2-6-17(19)22/h2-3,6-7,14-15H,4-5,8-12H2,1H3,(H,25,28). The van der Waals surface area contributed by atoms with Crippen molar-refractivity contribution in [1.29, 1.82) is 0 Å². The molecule has 1 aliphatic carbocycles. The third-order valence-corrected chi connectivity index (χ3v) is 6.21. The van der Waals surface area contributed by atoms with Crippen molar-refractivity contribution in [3.05, 3.63) is 47.2 Å². The molecular formula is C21H24FN5O. The van der Waals surface area contributed by atoms with Crippen molar-refractivity contribution in [1.82, 2.24) is 14.9 Å². The third kappa shape index (κ3) is 2.99. The van der Waals surface area contributed by atoms with E-state index in [2.05, 4.69) is 15.2 Å². The Balaban J connectivity index is 1.26. The molecule has 2 fully saturated rings. The minimum Gasteiger partial charge on any atom is -0.356 e.